The fourth-order valence-electron chi connectivity index (χ4n) is 0.923. The highest BCUT2D eigenvalue weighted by Gasteiger charge is 2.33. The van der Waals surface area contributed by atoms with Crippen LogP contribution in [0, 0.1) is 0 Å². The lowest BCUT2D eigenvalue weighted by molar-refractivity contribution is -0.134. The molecule has 0 fully saturated rings. The van der Waals surface area contributed by atoms with Gasteiger partial charge in [-0.15, -0.1) is 0 Å². The maximum Gasteiger partial charge on any atom is 0.427 e. The second-order valence-corrected chi connectivity index (χ2v) is 3.99. The molecular weight excluding hydrogens is 229 g/mol. The summed E-state index contributed by atoms with van der Waals surface area (Å²) in [7, 11) is 0. The van der Waals surface area contributed by atoms with Gasteiger partial charge in [0.25, 0.3) is 0 Å². The molecule has 0 saturated carbocycles. The van der Waals surface area contributed by atoms with Gasteiger partial charge in [-0.3, -0.25) is 0 Å². The van der Waals surface area contributed by atoms with E-state index < -0.39 is 11.1 Å². The topological polar surface area (TPSA) is 45.1 Å². The van der Waals surface area contributed by atoms with Crippen LogP contribution in [0.5, 0.6) is 0 Å². The minimum Gasteiger partial charge on any atom is -0.394 e. The van der Waals surface area contributed by atoms with E-state index in [9.17, 15) is 13.2 Å². The quantitative estimate of drug-likeness (QED) is 0.849. The number of nitrogens with zero attached hydrogens (tertiary/aromatic N) is 1. The van der Waals surface area contributed by atoms with E-state index >= 15 is 0 Å². The van der Waals surface area contributed by atoms with Gasteiger partial charge in [-0.1, -0.05) is 18.3 Å². The van der Waals surface area contributed by atoms with Crippen molar-refractivity contribution < 1.29 is 18.3 Å². The van der Waals surface area contributed by atoms with Gasteiger partial charge in [-0.25, -0.2) is 4.98 Å². The van der Waals surface area contributed by atoms with Crippen LogP contribution in [-0.4, -0.2) is 22.7 Å². The normalized spacial score (nSPS) is 13.9. The smallest absolute Gasteiger partial charge is 0.394 e. The number of nitrogens with one attached hydrogen (secondary N) is 1. The Balaban J connectivity index is 2.68. The fraction of sp³-hybridized carbons (Fsp3) is 0.625. The summed E-state index contributed by atoms with van der Waals surface area (Å²) >= 11 is 0.541. The average molecular weight is 240 g/mol. The third-order valence-electron chi connectivity index (χ3n) is 1.83. The molecule has 1 rings (SSSR count). The Morgan fingerprint density at radius 1 is 1.60 bits per heavy atom. The summed E-state index contributed by atoms with van der Waals surface area (Å²) in [6.07, 6.45) is -2.94. The van der Waals surface area contributed by atoms with E-state index in [0.717, 1.165) is 6.20 Å². The summed E-state index contributed by atoms with van der Waals surface area (Å²) in [5, 5.41) is 11.8. The number of anilines is 1. The zero-order valence-electron chi connectivity index (χ0n) is 8.01. The van der Waals surface area contributed by atoms with E-state index in [2.05, 4.69) is 10.3 Å². The number of halogens is 3. The molecule has 0 saturated heterocycles. The minimum atomic E-state index is -4.35. The molecule has 86 valence electrons. The van der Waals surface area contributed by atoms with Crippen molar-refractivity contribution in [3.63, 3.8) is 0 Å². The number of aliphatic hydroxyl groups is 1. The van der Waals surface area contributed by atoms with Crippen LogP contribution in [0.2, 0.25) is 0 Å². The lowest BCUT2D eigenvalue weighted by Crippen LogP contribution is -2.22. The predicted octanol–water partition coefficient (Wildman–Crippen LogP) is 2.34. The Labute approximate surface area is 89.0 Å². The lowest BCUT2D eigenvalue weighted by atomic mass is 10.2. The molecule has 0 bridgehead atoms. The minimum absolute atomic E-state index is 0.128. The number of aromatic nitrogens is 1. The summed E-state index contributed by atoms with van der Waals surface area (Å²) < 4.78 is 36.6. The number of hydrogen-bond acceptors (Lipinski definition) is 4. The third-order valence-corrected chi connectivity index (χ3v) is 2.80. The van der Waals surface area contributed by atoms with E-state index in [1.165, 1.54) is 0 Å². The fourth-order valence-corrected chi connectivity index (χ4v) is 1.68. The van der Waals surface area contributed by atoms with Crippen molar-refractivity contribution in [2.75, 3.05) is 11.9 Å². The highest BCUT2D eigenvalue weighted by atomic mass is 32.1. The Morgan fingerprint density at radius 3 is 2.67 bits per heavy atom. The van der Waals surface area contributed by atoms with Crippen molar-refractivity contribution in [3.05, 3.63) is 11.1 Å². The lowest BCUT2D eigenvalue weighted by Gasteiger charge is -2.12. The first-order valence-corrected chi connectivity index (χ1v) is 5.19. The SMILES string of the molecule is CCC(CO)Nc1ncc(C(F)(F)F)s1. The second kappa shape index (κ2) is 4.80. The van der Waals surface area contributed by atoms with Crippen LogP contribution in [0.1, 0.15) is 18.2 Å². The van der Waals surface area contributed by atoms with Crippen LogP contribution in [-0.2, 0) is 6.18 Å². The zero-order valence-corrected chi connectivity index (χ0v) is 8.82. The Hall–Kier alpha value is -0.820. The summed E-state index contributed by atoms with van der Waals surface area (Å²) in [4.78, 5) is 2.86. The Bertz CT molecular complexity index is 309. The van der Waals surface area contributed by atoms with Crippen LogP contribution in [0.15, 0.2) is 6.20 Å². The average Bonchev–Trinajstić information content (AvgIpc) is 2.61. The van der Waals surface area contributed by atoms with Crippen LogP contribution in [0.25, 0.3) is 0 Å². The molecule has 0 spiro atoms. The summed E-state index contributed by atoms with van der Waals surface area (Å²) in [5.41, 5.74) is 0. The molecule has 0 aromatic carbocycles. The highest BCUT2D eigenvalue weighted by Crippen LogP contribution is 2.35. The maximum absolute atomic E-state index is 12.2. The Morgan fingerprint density at radius 2 is 2.27 bits per heavy atom. The van der Waals surface area contributed by atoms with Crippen LogP contribution in [0.4, 0.5) is 18.3 Å². The van der Waals surface area contributed by atoms with Gasteiger partial charge in [0, 0.05) is 0 Å². The molecule has 0 amide bonds. The number of hydrogen-bond donors (Lipinski definition) is 2. The molecular formula is C8H11F3N2OS. The summed E-state index contributed by atoms with van der Waals surface area (Å²) in [5.74, 6) is 0. The first kappa shape index (κ1) is 12.3. The monoisotopic (exact) mass is 240 g/mol. The molecule has 2 N–H and O–H groups in total. The van der Waals surface area contributed by atoms with E-state index in [4.69, 9.17) is 5.11 Å². The van der Waals surface area contributed by atoms with Gasteiger partial charge in [0.1, 0.15) is 4.88 Å². The first-order valence-electron chi connectivity index (χ1n) is 4.37. The molecule has 1 aromatic heterocycles. The number of rotatable bonds is 4. The highest BCUT2D eigenvalue weighted by molar-refractivity contribution is 7.15. The van der Waals surface area contributed by atoms with Gasteiger partial charge in [0.2, 0.25) is 0 Å². The molecule has 7 heteroatoms. The van der Waals surface area contributed by atoms with Gasteiger partial charge in [0.05, 0.1) is 18.8 Å². The van der Waals surface area contributed by atoms with Crippen molar-refractivity contribution in [3.8, 4) is 0 Å². The van der Waals surface area contributed by atoms with Crippen LogP contribution >= 0.6 is 11.3 Å². The van der Waals surface area contributed by atoms with Crippen molar-refractivity contribution >= 4 is 16.5 Å². The zero-order chi connectivity index (χ0) is 11.5. The number of thiazole rings is 1. The summed E-state index contributed by atoms with van der Waals surface area (Å²) in [6, 6.07) is -0.253. The predicted molar refractivity (Wildman–Crippen MR) is 51.9 cm³/mol. The largest absolute Gasteiger partial charge is 0.427 e. The third kappa shape index (κ3) is 3.35. The maximum atomic E-state index is 12.2. The molecule has 1 atom stereocenters. The van der Waals surface area contributed by atoms with Gasteiger partial charge < -0.3 is 10.4 Å². The molecule has 0 aliphatic rings. The molecule has 1 heterocycles. The van der Waals surface area contributed by atoms with Crippen LogP contribution < -0.4 is 5.32 Å². The first-order chi connectivity index (χ1) is 6.97. The number of aliphatic hydroxyl groups excluding tert-OH is 1. The standard InChI is InChI=1S/C8H11F3N2OS/c1-2-5(4-14)13-7-12-3-6(15-7)8(9,10)11/h3,5,14H,2,4H2,1H3,(H,12,13). The van der Waals surface area contributed by atoms with Crippen molar-refractivity contribution in [1.29, 1.82) is 0 Å². The molecule has 0 aliphatic carbocycles. The number of alkyl halides is 3. The van der Waals surface area contributed by atoms with E-state index in [0.29, 0.717) is 17.8 Å². The Kier molecular flexibility index (Phi) is 3.92. The van der Waals surface area contributed by atoms with Gasteiger partial charge in [-0.05, 0) is 6.42 Å². The molecule has 1 unspecified atom stereocenters. The molecule has 0 aliphatic heterocycles. The van der Waals surface area contributed by atoms with E-state index in [1.807, 2.05) is 6.92 Å². The molecule has 3 nitrogen and oxygen atoms in total. The van der Waals surface area contributed by atoms with Gasteiger partial charge in [-0.2, -0.15) is 13.2 Å². The van der Waals surface area contributed by atoms with Crippen molar-refractivity contribution in [2.24, 2.45) is 0 Å². The van der Waals surface area contributed by atoms with E-state index in [1.54, 1.807) is 0 Å². The molecule has 0 radical (unpaired) electrons. The van der Waals surface area contributed by atoms with Gasteiger partial charge in [0.15, 0.2) is 5.13 Å². The molecule has 1 aromatic rings. The van der Waals surface area contributed by atoms with E-state index in [-0.39, 0.29) is 17.8 Å². The van der Waals surface area contributed by atoms with Crippen molar-refractivity contribution in [2.45, 2.75) is 25.6 Å². The van der Waals surface area contributed by atoms with Gasteiger partial charge >= 0.3 is 6.18 Å². The molecule has 15 heavy (non-hydrogen) atoms. The second-order valence-electron chi connectivity index (χ2n) is 2.96. The van der Waals surface area contributed by atoms with Crippen LogP contribution in [0.3, 0.4) is 0 Å². The summed E-state index contributed by atoms with van der Waals surface area (Å²) in [6.45, 7) is 1.70. The van der Waals surface area contributed by atoms with Crippen molar-refractivity contribution in [1.82, 2.24) is 4.98 Å².